The van der Waals surface area contributed by atoms with Gasteiger partial charge in [0.2, 0.25) is 0 Å². The Kier molecular flexibility index (Phi) is 3.94. The van der Waals surface area contributed by atoms with Crippen LogP contribution in [0.3, 0.4) is 0 Å². The molecule has 4 heterocycles. The van der Waals surface area contributed by atoms with Gasteiger partial charge in [-0.05, 0) is 18.6 Å². The van der Waals surface area contributed by atoms with Gasteiger partial charge in [0.25, 0.3) is 5.91 Å². The minimum atomic E-state index is -1.01. The molecule has 1 unspecified atom stereocenters. The van der Waals surface area contributed by atoms with Crippen LogP contribution >= 0.6 is 0 Å². The summed E-state index contributed by atoms with van der Waals surface area (Å²) in [6.45, 7) is 1.25. The second-order valence-electron chi connectivity index (χ2n) is 6.01. The second-order valence-corrected chi connectivity index (χ2v) is 6.01. The van der Waals surface area contributed by atoms with Crippen molar-refractivity contribution in [2.45, 2.75) is 25.6 Å². The van der Waals surface area contributed by atoms with E-state index in [1.54, 1.807) is 44.7 Å². The molecular formula is C16H18N6O3. The number of aliphatic hydroxyl groups is 2. The fraction of sp³-hybridized carbons (Fsp3) is 0.375. The van der Waals surface area contributed by atoms with Gasteiger partial charge in [0.1, 0.15) is 6.10 Å². The number of aliphatic hydroxyl groups excluding tert-OH is 2. The molecule has 0 aromatic carbocycles. The van der Waals surface area contributed by atoms with Gasteiger partial charge < -0.3 is 15.1 Å². The molecule has 2 N–H and O–H groups in total. The zero-order chi connectivity index (χ0) is 17.4. The number of hydrogen-bond donors (Lipinski definition) is 2. The molecule has 1 atom stereocenters. The Hall–Kier alpha value is -2.78. The van der Waals surface area contributed by atoms with E-state index < -0.39 is 6.10 Å². The van der Waals surface area contributed by atoms with Crippen molar-refractivity contribution >= 4 is 11.6 Å². The number of aryl methyl sites for hydroxylation is 1. The van der Waals surface area contributed by atoms with Gasteiger partial charge in [0.05, 0.1) is 24.5 Å². The predicted molar refractivity (Wildman–Crippen MR) is 86.6 cm³/mol. The lowest BCUT2D eigenvalue weighted by atomic mass is 10.2. The summed E-state index contributed by atoms with van der Waals surface area (Å²) >= 11 is 0. The molecular weight excluding hydrogens is 324 g/mol. The summed E-state index contributed by atoms with van der Waals surface area (Å²) in [5.74, 6) is -0.163. The molecule has 0 saturated carbocycles. The van der Waals surface area contributed by atoms with Gasteiger partial charge in [-0.1, -0.05) is 0 Å². The van der Waals surface area contributed by atoms with Gasteiger partial charge in [-0.25, -0.2) is 9.50 Å². The van der Waals surface area contributed by atoms with E-state index in [0.29, 0.717) is 36.7 Å². The molecule has 9 nitrogen and oxygen atoms in total. The highest BCUT2D eigenvalue weighted by atomic mass is 16.3. The SMILES string of the molecule is O=C(c1cc2ncccn2n1)N1CCCn2nc(C(O)CO)cc2C1. The number of carbonyl (C=O) groups excluding carboxylic acids is 1. The number of carbonyl (C=O) groups is 1. The predicted octanol–water partition coefficient (Wildman–Crippen LogP) is -0.00240. The Morgan fingerprint density at radius 2 is 2.16 bits per heavy atom. The van der Waals surface area contributed by atoms with Crippen LogP contribution in [0.4, 0.5) is 0 Å². The van der Waals surface area contributed by atoms with Crippen molar-refractivity contribution in [3.8, 4) is 0 Å². The molecule has 1 aliphatic heterocycles. The van der Waals surface area contributed by atoms with Crippen molar-refractivity contribution in [3.63, 3.8) is 0 Å². The average Bonchev–Trinajstić information content (AvgIpc) is 3.19. The number of nitrogens with zero attached hydrogens (tertiary/aromatic N) is 6. The fourth-order valence-corrected chi connectivity index (χ4v) is 3.01. The lowest BCUT2D eigenvalue weighted by Gasteiger charge is -2.18. The summed E-state index contributed by atoms with van der Waals surface area (Å²) in [6.07, 6.45) is 3.15. The van der Waals surface area contributed by atoms with Crippen molar-refractivity contribution < 1.29 is 15.0 Å². The van der Waals surface area contributed by atoms with Gasteiger partial charge in [0, 0.05) is 31.5 Å². The second kappa shape index (κ2) is 6.26. The van der Waals surface area contributed by atoms with Crippen LogP contribution in [0.15, 0.2) is 30.6 Å². The van der Waals surface area contributed by atoms with E-state index >= 15 is 0 Å². The summed E-state index contributed by atoms with van der Waals surface area (Å²) in [5, 5.41) is 27.4. The molecule has 3 aromatic heterocycles. The molecule has 3 aromatic rings. The maximum Gasteiger partial charge on any atom is 0.274 e. The van der Waals surface area contributed by atoms with Crippen molar-refractivity contribution in [2.24, 2.45) is 0 Å². The Labute approximate surface area is 143 Å². The Morgan fingerprint density at radius 1 is 1.28 bits per heavy atom. The number of amides is 1. The van der Waals surface area contributed by atoms with Crippen molar-refractivity contribution in [1.29, 1.82) is 0 Å². The van der Waals surface area contributed by atoms with Crippen LogP contribution in [-0.2, 0) is 13.1 Å². The number of aromatic nitrogens is 5. The van der Waals surface area contributed by atoms with Crippen molar-refractivity contribution in [2.75, 3.05) is 13.2 Å². The van der Waals surface area contributed by atoms with Gasteiger partial charge >= 0.3 is 0 Å². The van der Waals surface area contributed by atoms with E-state index in [-0.39, 0.29) is 12.5 Å². The molecule has 0 radical (unpaired) electrons. The topological polar surface area (TPSA) is 109 Å². The highest BCUT2D eigenvalue weighted by molar-refractivity contribution is 5.93. The lowest BCUT2D eigenvalue weighted by molar-refractivity contribution is 0.0739. The fourth-order valence-electron chi connectivity index (χ4n) is 3.01. The molecule has 1 aliphatic rings. The highest BCUT2D eigenvalue weighted by Crippen LogP contribution is 2.19. The molecule has 130 valence electrons. The van der Waals surface area contributed by atoms with E-state index in [9.17, 15) is 9.90 Å². The lowest BCUT2D eigenvalue weighted by Crippen LogP contribution is -2.31. The van der Waals surface area contributed by atoms with Crippen LogP contribution in [0, 0.1) is 0 Å². The highest BCUT2D eigenvalue weighted by Gasteiger charge is 2.24. The molecule has 0 bridgehead atoms. The Morgan fingerprint density at radius 3 is 2.96 bits per heavy atom. The van der Waals surface area contributed by atoms with Gasteiger partial charge in [-0.3, -0.25) is 9.48 Å². The zero-order valence-electron chi connectivity index (χ0n) is 13.5. The monoisotopic (exact) mass is 342 g/mol. The summed E-state index contributed by atoms with van der Waals surface area (Å²) < 4.78 is 3.36. The molecule has 25 heavy (non-hydrogen) atoms. The minimum Gasteiger partial charge on any atom is -0.393 e. The molecule has 1 amide bonds. The van der Waals surface area contributed by atoms with Crippen LogP contribution in [0.2, 0.25) is 0 Å². The van der Waals surface area contributed by atoms with Crippen LogP contribution in [0.25, 0.3) is 5.65 Å². The first kappa shape index (κ1) is 15.7. The molecule has 0 spiro atoms. The van der Waals surface area contributed by atoms with Gasteiger partial charge in [-0.15, -0.1) is 0 Å². The van der Waals surface area contributed by atoms with Gasteiger partial charge in [-0.2, -0.15) is 10.2 Å². The summed E-state index contributed by atoms with van der Waals surface area (Å²) in [6, 6.07) is 5.16. The van der Waals surface area contributed by atoms with E-state index in [0.717, 1.165) is 12.1 Å². The first-order chi connectivity index (χ1) is 12.2. The third-order valence-electron chi connectivity index (χ3n) is 4.29. The maximum absolute atomic E-state index is 12.8. The van der Waals surface area contributed by atoms with Crippen LogP contribution < -0.4 is 0 Å². The van der Waals surface area contributed by atoms with Crippen LogP contribution in [0.5, 0.6) is 0 Å². The standard InChI is InChI=1S/C16H18N6O3/c23-10-14(24)12-7-11-9-20(4-2-6-21(11)18-12)16(25)13-8-15-17-3-1-5-22(15)19-13/h1,3,5,7-8,14,23-24H,2,4,6,9-10H2. The van der Waals surface area contributed by atoms with Gasteiger partial charge in [0.15, 0.2) is 11.3 Å². The molecule has 0 aliphatic carbocycles. The average molecular weight is 342 g/mol. The summed E-state index contributed by atoms with van der Waals surface area (Å²) in [7, 11) is 0. The van der Waals surface area contributed by atoms with Crippen LogP contribution in [-0.4, -0.2) is 58.6 Å². The smallest absolute Gasteiger partial charge is 0.274 e. The molecule has 4 rings (SSSR count). The quantitative estimate of drug-likeness (QED) is 0.693. The Bertz CT molecular complexity index is 885. The summed E-state index contributed by atoms with van der Waals surface area (Å²) in [4.78, 5) is 18.7. The summed E-state index contributed by atoms with van der Waals surface area (Å²) in [5.41, 5.74) is 2.22. The number of rotatable bonds is 3. The van der Waals surface area contributed by atoms with E-state index in [2.05, 4.69) is 15.2 Å². The molecule has 0 saturated heterocycles. The van der Waals surface area contributed by atoms with Crippen molar-refractivity contribution in [1.82, 2.24) is 29.3 Å². The molecule has 9 heteroatoms. The normalized spacial score (nSPS) is 15.8. The zero-order valence-corrected chi connectivity index (χ0v) is 13.5. The van der Waals surface area contributed by atoms with Crippen LogP contribution in [0.1, 0.15) is 34.4 Å². The molecule has 0 fully saturated rings. The first-order valence-electron chi connectivity index (χ1n) is 8.11. The van der Waals surface area contributed by atoms with Crippen molar-refractivity contribution in [3.05, 3.63) is 47.7 Å². The van der Waals surface area contributed by atoms with E-state index in [1.165, 1.54) is 0 Å². The largest absolute Gasteiger partial charge is 0.393 e. The van der Waals surface area contributed by atoms with E-state index in [1.807, 2.05) is 0 Å². The third-order valence-corrected chi connectivity index (χ3v) is 4.29. The first-order valence-corrected chi connectivity index (χ1v) is 8.11. The number of hydrogen-bond acceptors (Lipinski definition) is 6. The third kappa shape index (κ3) is 2.87. The maximum atomic E-state index is 12.8. The minimum absolute atomic E-state index is 0.163. The van der Waals surface area contributed by atoms with E-state index in [4.69, 9.17) is 5.11 Å². The number of fused-ring (bicyclic) bond motifs is 2. The Balaban J connectivity index is 1.60.